The first-order valence-electron chi connectivity index (χ1n) is 17.2. The Kier molecular flexibility index (Phi) is 7.04. The van der Waals surface area contributed by atoms with Gasteiger partial charge in [0.1, 0.15) is 4.83 Å². The molecule has 3 heteroatoms. The fraction of sp³-hybridized carbons (Fsp3) is 0. The quantitative estimate of drug-likeness (QED) is 0.183. The molecule has 0 spiro atoms. The van der Waals surface area contributed by atoms with Gasteiger partial charge in [0.05, 0.1) is 5.69 Å². The molecule has 238 valence electrons. The van der Waals surface area contributed by atoms with Crippen LogP contribution in [0.25, 0.3) is 97.9 Å². The Morgan fingerprint density at radius 1 is 0.353 bits per heavy atom. The summed E-state index contributed by atoms with van der Waals surface area (Å²) in [6, 6.07) is 65.1. The molecule has 2 heterocycles. The molecule has 10 rings (SSSR count). The number of benzene rings is 8. The normalized spacial score (nSPS) is 11.5. The van der Waals surface area contributed by atoms with Crippen LogP contribution in [0.1, 0.15) is 0 Å². The van der Waals surface area contributed by atoms with E-state index in [1.54, 1.807) is 11.3 Å². The third-order valence-electron chi connectivity index (χ3n) is 9.89. The second-order valence-electron chi connectivity index (χ2n) is 13.0. The van der Waals surface area contributed by atoms with Gasteiger partial charge < -0.3 is 0 Å². The predicted octanol–water partition coefficient (Wildman–Crippen LogP) is 13.5. The Morgan fingerprint density at radius 3 is 1.65 bits per heavy atom. The predicted molar refractivity (Wildman–Crippen MR) is 217 cm³/mol. The topological polar surface area (TPSA) is 25.8 Å². The number of aromatic nitrogens is 2. The highest BCUT2D eigenvalue weighted by atomic mass is 32.1. The largest absolute Gasteiger partial charge is 0.227 e. The van der Waals surface area contributed by atoms with E-state index in [1.807, 2.05) is 0 Å². The minimum atomic E-state index is 0.747. The minimum absolute atomic E-state index is 0.747. The molecule has 51 heavy (non-hydrogen) atoms. The van der Waals surface area contributed by atoms with Gasteiger partial charge in [-0.3, -0.25) is 0 Å². The van der Waals surface area contributed by atoms with E-state index in [9.17, 15) is 0 Å². The van der Waals surface area contributed by atoms with Crippen LogP contribution in [0, 0.1) is 0 Å². The summed E-state index contributed by atoms with van der Waals surface area (Å²) in [5.41, 5.74) is 10.2. The standard InChI is InChI=1S/C48H30N2S/c1-2-11-31(12-3-1)32-23-25-33(26-24-32)35-17-8-18-36(27-35)37-19-9-20-40(28-37)46-45-43-29-38-14-4-5-15-39(38)30-44(43)51-48(45)50-47(49-46)42-22-10-16-34-13-6-7-21-41(34)42/h1-30H. The van der Waals surface area contributed by atoms with Crippen LogP contribution in [-0.4, -0.2) is 9.97 Å². The summed E-state index contributed by atoms with van der Waals surface area (Å²) < 4.78 is 1.22. The second-order valence-corrected chi connectivity index (χ2v) is 14.0. The highest BCUT2D eigenvalue weighted by molar-refractivity contribution is 7.25. The molecule has 0 saturated carbocycles. The van der Waals surface area contributed by atoms with Crippen molar-refractivity contribution in [2.75, 3.05) is 0 Å². The molecular formula is C48H30N2S. The molecule has 0 amide bonds. The molecule has 0 radical (unpaired) electrons. The summed E-state index contributed by atoms with van der Waals surface area (Å²) in [6.45, 7) is 0. The van der Waals surface area contributed by atoms with Crippen molar-refractivity contribution in [1.82, 2.24) is 9.97 Å². The molecule has 0 atom stereocenters. The molecule has 0 saturated heterocycles. The van der Waals surface area contributed by atoms with Crippen molar-refractivity contribution in [2.45, 2.75) is 0 Å². The number of thiophene rings is 1. The van der Waals surface area contributed by atoms with Crippen LogP contribution in [0.4, 0.5) is 0 Å². The first-order chi connectivity index (χ1) is 25.2. The smallest absolute Gasteiger partial charge is 0.162 e. The maximum atomic E-state index is 5.42. The number of hydrogen-bond donors (Lipinski definition) is 0. The lowest BCUT2D eigenvalue weighted by Gasteiger charge is -2.12. The Hall–Kier alpha value is -6.42. The average molecular weight is 667 g/mol. The Labute approximate surface area is 300 Å². The van der Waals surface area contributed by atoms with Gasteiger partial charge in [0.25, 0.3) is 0 Å². The highest BCUT2D eigenvalue weighted by Crippen LogP contribution is 2.42. The summed E-state index contributed by atoms with van der Waals surface area (Å²) in [4.78, 5) is 11.7. The number of hydrogen-bond acceptors (Lipinski definition) is 3. The van der Waals surface area contributed by atoms with Crippen LogP contribution in [0.3, 0.4) is 0 Å². The van der Waals surface area contributed by atoms with Crippen molar-refractivity contribution >= 4 is 53.2 Å². The number of fused-ring (bicyclic) bond motifs is 5. The van der Waals surface area contributed by atoms with Crippen LogP contribution in [-0.2, 0) is 0 Å². The minimum Gasteiger partial charge on any atom is -0.227 e. The highest BCUT2D eigenvalue weighted by Gasteiger charge is 2.19. The van der Waals surface area contributed by atoms with Crippen molar-refractivity contribution in [3.63, 3.8) is 0 Å². The molecule has 8 aromatic carbocycles. The van der Waals surface area contributed by atoms with Crippen LogP contribution >= 0.6 is 11.3 Å². The molecular weight excluding hydrogens is 637 g/mol. The van der Waals surface area contributed by atoms with E-state index in [2.05, 4.69) is 182 Å². The second kappa shape index (κ2) is 12.2. The van der Waals surface area contributed by atoms with Gasteiger partial charge in [-0.25, -0.2) is 9.97 Å². The first-order valence-corrected chi connectivity index (χ1v) is 18.0. The third-order valence-corrected chi connectivity index (χ3v) is 10.9. The van der Waals surface area contributed by atoms with Crippen molar-refractivity contribution < 1.29 is 0 Å². The van der Waals surface area contributed by atoms with E-state index in [4.69, 9.17) is 9.97 Å². The summed E-state index contributed by atoms with van der Waals surface area (Å²) in [5, 5.41) is 7.08. The molecule has 0 aliphatic rings. The van der Waals surface area contributed by atoms with Crippen LogP contribution in [0.15, 0.2) is 182 Å². The zero-order chi connectivity index (χ0) is 33.7. The Balaban J connectivity index is 1.13. The van der Waals surface area contributed by atoms with Crippen LogP contribution in [0.2, 0.25) is 0 Å². The Bertz CT molecular complexity index is 2900. The van der Waals surface area contributed by atoms with Crippen molar-refractivity contribution in [2.24, 2.45) is 0 Å². The van der Waals surface area contributed by atoms with E-state index in [0.717, 1.165) is 43.8 Å². The molecule has 0 unspecified atom stereocenters. The van der Waals surface area contributed by atoms with Gasteiger partial charge >= 0.3 is 0 Å². The molecule has 0 aliphatic carbocycles. The lowest BCUT2D eigenvalue weighted by Crippen LogP contribution is -1.95. The maximum absolute atomic E-state index is 5.42. The molecule has 2 aromatic heterocycles. The fourth-order valence-electron chi connectivity index (χ4n) is 7.32. The zero-order valence-electron chi connectivity index (χ0n) is 27.6. The van der Waals surface area contributed by atoms with Gasteiger partial charge in [-0.2, -0.15) is 0 Å². The van der Waals surface area contributed by atoms with Crippen LogP contribution < -0.4 is 0 Å². The summed E-state index contributed by atoms with van der Waals surface area (Å²) in [6.07, 6.45) is 0. The third kappa shape index (κ3) is 5.27. The van der Waals surface area contributed by atoms with E-state index in [1.165, 1.54) is 54.1 Å². The fourth-order valence-corrected chi connectivity index (χ4v) is 8.43. The average Bonchev–Trinajstić information content (AvgIpc) is 3.57. The van der Waals surface area contributed by atoms with Gasteiger partial charge in [0.15, 0.2) is 5.82 Å². The van der Waals surface area contributed by atoms with Gasteiger partial charge in [0.2, 0.25) is 0 Å². The summed E-state index contributed by atoms with van der Waals surface area (Å²) >= 11 is 1.75. The van der Waals surface area contributed by atoms with Gasteiger partial charge in [-0.15, -0.1) is 11.3 Å². The lowest BCUT2D eigenvalue weighted by molar-refractivity contribution is 1.25. The van der Waals surface area contributed by atoms with Crippen molar-refractivity contribution in [3.05, 3.63) is 182 Å². The van der Waals surface area contributed by atoms with Gasteiger partial charge in [-0.05, 0) is 79.2 Å². The lowest BCUT2D eigenvalue weighted by atomic mass is 9.95. The first kappa shape index (κ1) is 29.5. The zero-order valence-corrected chi connectivity index (χ0v) is 28.4. The van der Waals surface area contributed by atoms with Gasteiger partial charge in [-0.1, -0.05) is 158 Å². The number of nitrogens with zero attached hydrogens (tertiary/aromatic N) is 2. The molecule has 10 aromatic rings. The monoisotopic (exact) mass is 666 g/mol. The van der Waals surface area contributed by atoms with Crippen molar-refractivity contribution in [3.8, 4) is 56.0 Å². The number of rotatable bonds is 5. The maximum Gasteiger partial charge on any atom is 0.162 e. The summed E-state index contributed by atoms with van der Waals surface area (Å²) in [5.74, 6) is 0.747. The molecule has 0 N–H and O–H groups in total. The summed E-state index contributed by atoms with van der Waals surface area (Å²) in [7, 11) is 0. The molecule has 0 fully saturated rings. The van der Waals surface area contributed by atoms with E-state index in [-0.39, 0.29) is 0 Å². The van der Waals surface area contributed by atoms with E-state index in [0.29, 0.717) is 0 Å². The Morgan fingerprint density at radius 2 is 0.882 bits per heavy atom. The van der Waals surface area contributed by atoms with Gasteiger partial charge in [0, 0.05) is 26.6 Å². The van der Waals surface area contributed by atoms with Crippen LogP contribution in [0.5, 0.6) is 0 Å². The molecule has 0 bridgehead atoms. The van der Waals surface area contributed by atoms with E-state index >= 15 is 0 Å². The SMILES string of the molecule is c1ccc(-c2ccc(-c3cccc(-c4cccc(-c5nc(-c6cccc7ccccc67)nc6sc7cc8ccccc8cc7c56)c4)c3)cc2)cc1. The van der Waals surface area contributed by atoms with Crippen molar-refractivity contribution in [1.29, 1.82) is 0 Å². The molecule has 0 aliphatic heterocycles. The van der Waals surface area contributed by atoms with E-state index < -0.39 is 0 Å². The molecule has 2 nitrogen and oxygen atoms in total.